The van der Waals surface area contributed by atoms with Gasteiger partial charge in [0.25, 0.3) is 0 Å². The Balaban J connectivity index is 0.00000126. The molecule has 1 heteroatoms. The lowest BCUT2D eigenvalue weighted by atomic mass is 10.1. The molecule has 0 unspecified atom stereocenters. The fourth-order valence-corrected chi connectivity index (χ4v) is 2.48. The minimum Gasteiger partial charge on any atom is -0.0829 e. The zero-order chi connectivity index (χ0) is 19.6. The maximum atomic E-state index is 6.35. The summed E-state index contributed by atoms with van der Waals surface area (Å²) < 4.78 is 0. The minimum absolute atomic E-state index is 0.621. The SMILES string of the molecule is CC.Cc1ccc(C#Cc2ccc(C#Cc3ccc(C)cc3)c(Cl)c2)cc1. The van der Waals surface area contributed by atoms with E-state index in [-0.39, 0.29) is 0 Å². The Kier molecular flexibility index (Phi) is 7.76. The molecule has 0 spiro atoms. The van der Waals surface area contributed by atoms with Crippen LogP contribution in [0.15, 0.2) is 66.7 Å². The van der Waals surface area contributed by atoms with Crippen molar-refractivity contribution in [2.75, 3.05) is 0 Å². The molecule has 0 atom stereocenters. The molecule has 3 rings (SSSR count). The van der Waals surface area contributed by atoms with E-state index < -0.39 is 0 Å². The fourth-order valence-electron chi connectivity index (χ4n) is 2.25. The maximum absolute atomic E-state index is 6.35. The molecular weight excluding hydrogens is 348 g/mol. The first-order chi connectivity index (χ1) is 13.1. The number of rotatable bonds is 0. The number of benzene rings is 3. The molecule has 0 saturated heterocycles. The lowest BCUT2D eigenvalue weighted by Gasteiger charge is -1.97. The molecule has 134 valence electrons. The first kappa shape index (κ1) is 20.4. The van der Waals surface area contributed by atoms with Crippen molar-refractivity contribution in [3.8, 4) is 23.7 Å². The van der Waals surface area contributed by atoms with Gasteiger partial charge in [-0.15, -0.1) is 0 Å². The van der Waals surface area contributed by atoms with Gasteiger partial charge < -0.3 is 0 Å². The van der Waals surface area contributed by atoms with E-state index in [1.54, 1.807) is 0 Å². The molecule has 0 aliphatic rings. The van der Waals surface area contributed by atoms with Crippen LogP contribution in [0.5, 0.6) is 0 Å². The molecule has 0 radical (unpaired) electrons. The third kappa shape index (κ3) is 6.38. The Bertz CT molecular complexity index is 1000. The van der Waals surface area contributed by atoms with Crippen molar-refractivity contribution in [2.24, 2.45) is 0 Å². The van der Waals surface area contributed by atoms with Crippen LogP contribution >= 0.6 is 11.6 Å². The normalized spacial score (nSPS) is 9.07. The summed E-state index contributed by atoms with van der Waals surface area (Å²) in [7, 11) is 0. The van der Waals surface area contributed by atoms with Crippen molar-refractivity contribution in [2.45, 2.75) is 27.7 Å². The molecule has 3 aromatic carbocycles. The zero-order valence-corrected chi connectivity index (χ0v) is 17.0. The summed E-state index contributed by atoms with van der Waals surface area (Å²) in [5.41, 5.74) is 6.11. The van der Waals surface area contributed by atoms with Crippen molar-refractivity contribution in [1.82, 2.24) is 0 Å². The molecule has 27 heavy (non-hydrogen) atoms. The molecule has 3 aromatic rings. The Morgan fingerprint density at radius 3 is 1.44 bits per heavy atom. The topological polar surface area (TPSA) is 0 Å². The van der Waals surface area contributed by atoms with Crippen molar-refractivity contribution in [1.29, 1.82) is 0 Å². The first-order valence-corrected chi connectivity index (χ1v) is 9.45. The van der Waals surface area contributed by atoms with Crippen LogP contribution in [0.4, 0.5) is 0 Å². The predicted octanol–water partition coefficient (Wildman–Crippen LogP) is 6.78. The molecule has 0 aliphatic carbocycles. The van der Waals surface area contributed by atoms with Gasteiger partial charge in [0.1, 0.15) is 0 Å². The second kappa shape index (κ2) is 10.3. The van der Waals surface area contributed by atoms with Crippen LogP contribution in [0, 0.1) is 37.5 Å². The van der Waals surface area contributed by atoms with Gasteiger partial charge in [0.05, 0.1) is 5.02 Å². The summed E-state index contributed by atoms with van der Waals surface area (Å²) in [6, 6.07) is 22.0. The molecule has 0 bridgehead atoms. The monoisotopic (exact) mass is 370 g/mol. The molecule has 0 amide bonds. The van der Waals surface area contributed by atoms with E-state index in [1.165, 1.54) is 11.1 Å². The van der Waals surface area contributed by atoms with Crippen molar-refractivity contribution < 1.29 is 0 Å². The summed E-state index contributed by atoms with van der Waals surface area (Å²) in [6.07, 6.45) is 0. The smallest absolute Gasteiger partial charge is 0.0575 e. The van der Waals surface area contributed by atoms with Gasteiger partial charge >= 0.3 is 0 Å². The van der Waals surface area contributed by atoms with Crippen LogP contribution in [0.2, 0.25) is 5.02 Å². The van der Waals surface area contributed by atoms with Gasteiger partial charge in [0, 0.05) is 22.3 Å². The first-order valence-electron chi connectivity index (χ1n) is 9.07. The van der Waals surface area contributed by atoms with E-state index in [2.05, 4.69) is 61.8 Å². The van der Waals surface area contributed by atoms with Gasteiger partial charge in [-0.05, 0) is 56.3 Å². The van der Waals surface area contributed by atoms with E-state index in [1.807, 2.05) is 56.3 Å². The third-order valence-corrected chi connectivity index (χ3v) is 4.08. The second-order valence-corrected chi connectivity index (χ2v) is 6.33. The minimum atomic E-state index is 0.621. The van der Waals surface area contributed by atoms with Gasteiger partial charge in [-0.1, -0.05) is 84.5 Å². The summed E-state index contributed by atoms with van der Waals surface area (Å²) >= 11 is 6.35. The largest absolute Gasteiger partial charge is 0.0829 e. The molecule has 0 saturated carbocycles. The van der Waals surface area contributed by atoms with E-state index >= 15 is 0 Å². The van der Waals surface area contributed by atoms with E-state index in [4.69, 9.17) is 11.6 Å². The number of aryl methyl sites for hydroxylation is 2. The van der Waals surface area contributed by atoms with Crippen LogP contribution in [0.25, 0.3) is 0 Å². The Labute approximate surface area is 168 Å². The van der Waals surface area contributed by atoms with Crippen LogP contribution in [0.1, 0.15) is 47.2 Å². The van der Waals surface area contributed by atoms with Gasteiger partial charge in [-0.25, -0.2) is 0 Å². The predicted molar refractivity (Wildman–Crippen MR) is 117 cm³/mol. The molecule has 0 N–H and O–H groups in total. The number of hydrogen-bond acceptors (Lipinski definition) is 0. The van der Waals surface area contributed by atoms with Gasteiger partial charge in [0.2, 0.25) is 0 Å². The Morgan fingerprint density at radius 1 is 0.556 bits per heavy atom. The highest BCUT2D eigenvalue weighted by Gasteiger charge is 1.98. The van der Waals surface area contributed by atoms with Crippen molar-refractivity contribution in [3.05, 3.63) is 105 Å². The highest BCUT2D eigenvalue weighted by atomic mass is 35.5. The van der Waals surface area contributed by atoms with Gasteiger partial charge in [0.15, 0.2) is 0 Å². The average Bonchev–Trinajstić information content (AvgIpc) is 2.70. The van der Waals surface area contributed by atoms with E-state index in [0.717, 1.165) is 22.3 Å². The molecule has 0 aliphatic heterocycles. The van der Waals surface area contributed by atoms with Crippen molar-refractivity contribution >= 4 is 11.6 Å². The van der Waals surface area contributed by atoms with Crippen molar-refractivity contribution in [3.63, 3.8) is 0 Å². The Hall–Kier alpha value is -2.93. The summed E-state index contributed by atoms with van der Waals surface area (Å²) in [5.74, 6) is 12.6. The summed E-state index contributed by atoms with van der Waals surface area (Å²) in [6.45, 7) is 8.12. The standard InChI is InChI=1S/C24H17Cl.C2H6/c1-18-3-7-20(8-4-18)11-12-22-14-16-23(24(25)17-22)15-13-21-9-5-19(2)6-10-21;1-2/h3-10,14,16-17H,1-2H3;1-2H3. The molecule has 0 nitrogen and oxygen atoms in total. The van der Waals surface area contributed by atoms with E-state index in [9.17, 15) is 0 Å². The highest BCUT2D eigenvalue weighted by Crippen LogP contribution is 2.17. The van der Waals surface area contributed by atoms with E-state index in [0.29, 0.717) is 5.02 Å². The van der Waals surface area contributed by atoms with Crippen LogP contribution < -0.4 is 0 Å². The summed E-state index contributed by atoms with van der Waals surface area (Å²) in [4.78, 5) is 0. The zero-order valence-electron chi connectivity index (χ0n) is 16.2. The molecule has 0 aromatic heterocycles. The quantitative estimate of drug-likeness (QED) is 0.382. The lowest BCUT2D eigenvalue weighted by molar-refractivity contribution is 1.46. The Morgan fingerprint density at radius 2 is 0.963 bits per heavy atom. The molecular formula is C26H23Cl. The fraction of sp³-hybridized carbons (Fsp3) is 0.154. The molecule has 0 fully saturated rings. The number of hydrogen-bond donors (Lipinski definition) is 0. The van der Waals surface area contributed by atoms with Gasteiger partial charge in [-0.3, -0.25) is 0 Å². The van der Waals surface area contributed by atoms with Crippen LogP contribution in [-0.4, -0.2) is 0 Å². The highest BCUT2D eigenvalue weighted by molar-refractivity contribution is 6.31. The van der Waals surface area contributed by atoms with Gasteiger partial charge in [-0.2, -0.15) is 0 Å². The summed E-state index contributed by atoms with van der Waals surface area (Å²) in [5, 5.41) is 0.621. The molecule has 0 heterocycles. The second-order valence-electron chi connectivity index (χ2n) is 5.93. The maximum Gasteiger partial charge on any atom is 0.0575 e. The number of halogens is 1. The lowest BCUT2D eigenvalue weighted by Crippen LogP contribution is -1.82. The third-order valence-electron chi connectivity index (χ3n) is 3.76. The van der Waals surface area contributed by atoms with Crippen LogP contribution in [0.3, 0.4) is 0 Å². The van der Waals surface area contributed by atoms with Crippen LogP contribution in [-0.2, 0) is 0 Å². The average molecular weight is 371 g/mol.